The molecule has 2 rings (SSSR count). The molecular weight excluding hydrogens is 369 g/mol. The molecule has 0 spiro atoms. The molecule has 0 fully saturated rings. The normalized spacial score (nSPS) is 10.5. The van der Waals surface area contributed by atoms with E-state index in [1.54, 1.807) is 0 Å². The van der Waals surface area contributed by atoms with E-state index in [0.29, 0.717) is 16.3 Å². The van der Waals surface area contributed by atoms with Crippen molar-refractivity contribution < 1.29 is 19.5 Å². The van der Waals surface area contributed by atoms with Gasteiger partial charge in [-0.2, -0.15) is 5.10 Å². The van der Waals surface area contributed by atoms with Crippen LogP contribution in [0.4, 0.5) is 5.69 Å². The fourth-order valence-electron chi connectivity index (χ4n) is 1.68. The third-order valence-corrected chi connectivity index (χ3v) is 3.65. The summed E-state index contributed by atoms with van der Waals surface area (Å²) in [5.74, 6) is -3.23. The second-order valence-corrected chi connectivity index (χ2v) is 5.51. The molecule has 25 heavy (non-hydrogen) atoms. The first-order valence-corrected chi connectivity index (χ1v) is 7.53. The Kier molecular flexibility index (Phi) is 6.10. The van der Waals surface area contributed by atoms with Crippen LogP contribution in [0.2, 0.25) is 10.0 Å². The van der Waals surface area contributed by atoms with Gasteiger partial charge in [-0.25, -0.2) is 5.43 Å². The van der Waals surface area contributed by atoms with Crippen molar-refractivity contribution in [1.29, 1.82) is 0 Å². The number of hydrogen-bond donors (Lipinski definition) is 2. The molecule has 0 aliphatic heterocycles. The number of halogens is 2. The number of carbonyl (C=O) groups is 3. The lowest BCUT2D eigenvalue weighted by atomic mass is 10.1. The average Bonchev–Trinajstić information content (AvgIpc) is 2.58. The van der Waals surface area contributed by atoms with E-state index < -0.39 is 17.8 Å². The summed E-state index contributed by atoms with van der Waals surface area (Å²) in [6.45, 7) is 0. The highest BCUT2D eigenvalue weighted by Gasteiger charge is 2.13. The molecule has 128 valence electrons. The standard InChI is InChI=1S/C16H11Cl2N3O4/c17-12-6-5-11(7-13(12)18)20-14(22)15(23)21-19-8-9-1-3-10(4-2-9)16(24)25/h1-8H,(H,20,22)(H,21,23)(H,24,25)/p-1/b19-8-. The minimum atomic E-state index is -1.30. The predicted molar refractivity (Wildman–Crippen MR) is 91.6 cm³/mol. The van der Waals surface area contributed by atoms with E-state index in [4.69, 9.17) is 23.2 Å². The maximum atomic E-state index is 11.7. The molecule has 0 aliphatic rings. The van der Waals surface area contributed by atoms with Crippen molar-refractivity contribution in [3.05, 3.63) is 63.6 Å². The Morgan fingerprint density at radius 1 is 0.960 bits per heavy atom. The number of amides is 2. The molecule has 2 aromatic rings. The molecule has 0 saturated heterocycles. The van der Waals surface area contributed by atoms with Crippen molar-refractivity contribution in [2.45, 2.75) is 0 Å². The largest absolute Gasteiger partial charge is 0.545 e. The van der Waals surface area contributed by atoms with E-state index in [9.17, 15) is 19.5 Å². The molecule has 2 N–H and O–H groups in total. The van der Waals surface area contributed by atoms with Crippen LogP contribution in [0.25, 0.3) is 0 Å². The number of anilines is 1. The average molecular weight is 379 g/mol. The SMILES string of the molecule is O=C(N/N=C\c1ccc(C(=O)[O-])cc1)C(=O)Nc1ccc(Cl)c(Cl)c1. The quantitative estimate of drug-likeness (QED) is 0.476. The van der Waals surface area contributed by atoms with Crippen LogP contribution in [-0.2, 0) is 9.59 Å². The highest BCUT2D eigenvalue weighted by molar-refractivity contribution is 6.42. The molecular formula is C16H10Cl2N3O4-. The van der Waals surface area contributed by atoms with E-state index in [2.05, 4.69) is 10.4 Å². The van der Waals surface area contributed by atoms with Gasteiger partial charge in [0.15, 0.2) is 0 Å². The molecule has 0 heterocycles. The molecule has 0 aromatic heterocycles. The van der Waals surface area contributed by atoms with Crippen molar-refractivity contribution in [1.82, 2.24) is 5.43 Å². The van der Waals surface area contributed by atoms with Gasteiger partial charge in [-0.05, 0) is 29.3 Å². The van der Waals surface area contributed by atoms with Gasteiger partial charge in [-0.1, -0.05) is 47.5 Å². The summed E-state index contributed by atoms with van der Waals surface area (Å²) in [6.07, 6.45) is 1.25. The lowest BCUT2D eigenvalue weighted by Gasteiger charge is -2.05. The first-order valence-electron chi connectivity index (χ1n) is 6.77. The van der Waals surface area contributed by atoms with Gasteiger partial charge in [0, 0.05) is 5.69 Å². The number of hydrogen-bond acceptors (Lipinski definition) is 5. The van der Waals surface area contributed by atoms with E-state index in [-0.39, 0.29) is 10.6 Å². The summed E-state index contributed by atoms with van der Waals surface area (Å²) in [4.78, 5) is 34.0. The van der Waals surface area contributed by atoms with E-state index in [0.717, 1.165) is 0 Å². The molecule has 0 radical (unpaired) electrons. The first-order chi connectivity index (χ1) is 11.9. The van der Waals surface area contributed by atoms with Crippen LogP contribution < -0.4 is 15.8 Å². The van der Waals surface area contributed by atoms with Crippen LogP contribution >= 0.6 is 23.2 Å². The van der Waals surface area contributed by atoms with Gasteiger partial charge >= 0.3 is 11.8 Å². The van der Waals surface area contributed by atoms with E-state index >= 15 is 0 Å². The topological polar surface area (TPSA) is 111 Å². The number of nitrogens with zero attached hydrogens (tertiary/aromatic N) is 1. The zero-order chi connectivity index (χ0) is 18.4. The molecule has 9 heteroatoms. The molecule has 2 amide bonds. The number of benzene rings is 2. The van der Waals surface area contributed by atoms with Crippen molar-refractivity contribution in [2.24, 2.45) is 5.10 Å². The Labute approximate surface area is 152 Å². The Bertz CT molecular complexity index is 851. The van der Waals surface area contributed by atoms with E-state index in [1.807, 2.05) is 5.43 Å². The van der Waals surface area contributed by atoms with Gasteiger partial charge in [0.05, 0.1) is 22.2 Å². The van der Waals surface area contributed by atoms with Crippen LogP contribution in [-0.4, -0.2) is 24.0 Å². The van der Waals surface area contributed by atoms with Gasteiger partial charge in [0.25, 0.3) is 0 Å². The molecule has 7 nitrogen and oxygen atoms in total. The second kappa shape index (κ2) is 8.27. The molecule has 0 aliphatic carbocycles. The van der Waals surface area contributed by atoms with E-state index in [1.165, 1.54) is 48.7 Å². The Balaban J connectivity index is 1.91. The summed E-state index contributed by atoms with van der Waals surface area (Å²) in [6, 6.07) is 9.96. The summed E-state index contributed by atoms with van der Waals surface area (Å²) in [7, 11) is 0. The second-order valence-electron chi connectivity index (χ2n) is 4.69. The van der Waals surface area contributed by atoms with Crippen molar-refractivity contribution in [2.75, 3.05) is 5.32 Å². The summed E-state index contributed by atoms with van der Waals surface area (Å²) in [5, 5.41) is 17.1. The number of nitrogens with one attached hydrogen (secondary N) is 2. The summed E-state index contributed by atoms with van der Waals surface area (Å²) >= 11 is 11.6. The van der Waals surface area contributed by atoms with Gasteiger partial charge in [0.1, 0.15) is 0 Å². The monoisotopic (exact) mass is 378 g/mol. The van der Waals surface area contributed by atoms with Crippen LogP contribution in [0, 0.1) is 0 Å². The third kappa shape index (κ3) is 5.30. The van der Waals surface area contributed by atoms with Gasteiger partial charge in [-0.3, -0.25) is 9.59 Å². The van der Waals surface area contributed by atoms with Gasteiger partial charge in [-0.15, -0.1) is 0 Å². The summed E-state index contributed by atoms with van der Waals surface area (Å²) in [5.41, 5.74) is 2.89. The number of hydrazone groups is 1. The highest BCUT2D eigenvalue weighted by Crippen LogP contribution is 2.24. The van der Waals surface area contributed by atoms with Crippen LogP contribution in [0.5, 0.6) is 0 Å². The Hall–Kier alpha value is -2.90. The molecule has 0 saturated carbocycles. The van der Waals surface area contributed by atoms with Crippen molar-refractivity contribution in [3.63, 3.8) is 0 Å². The maximum absolute atomic E-state index is 11.7. The molecule has 0 unspecified atom stereocenters. The number of rotatable bonds is 4. The zero-order valence-corrected chi connectivity index (χ0v) is 14.0. The molecule has 0 bridgehead atoms. The fourth-order valence-corrected chi connectivity index (χ4v) is 1.98. The number of carboxylic acid groups (broad SMARTS) is 1. The Morgan fingerprint density at radius 2 is 1.64 bits per heavy atom. The van der Waals surface area contributed by atoms with Crippen molar-refractivity contribution >= 4 is 52.9 Å². The summed E-state index contributed by atoms with van der Waals surface area (Å²) < 4.78 is 0. The molecule has 0 atom stereocenters. The minimum Gasteiger partial charge on any atom is -0.545 e. The minimum absolute atomic E-state index is 0.0159. The predicted octanol–water partition coefficient (Wildman–Crippen LogP) is 1.45. The maximum Gasteiger partial charge on any atom is 0.329 e. The fraction of sp³-hybridized carbons (Fsp3) is 0. The number of carboxylic acids is 1. The zero-order valence-electron chi connectivity index (χ0n) is 12.5. The smallest absolute Gasteiger partial charge is 0.329 e. The lowest BCUT2D eigenvalue weighted by molar-refractivity contribution is -0.255. The van der Waals surface area contributed by atoms with Gasteiger partial charge < -0.3 is 15.2 Å². The molecule has 2 aromatic carbocycles. The van der Waals surface area contributed by atoms with Crippen molar-refractivity contribution in [3.8, 4) is 0 Å². The first kappa shape index (κ1) is 18.4. The van der Waals surface area contributed by atoms with Gasteiger partial charge in [0.2, 0.25) is 0 Å². The lowest BCUT2D eigenvalue weighted by Crippen LogP contribution is -2.32. The Morgan fingerprint density at radius 3 is 2.24 bits per heavy atom. The third-order valence-electron chi connectivity index (χ3n) is 2.91. The number of carbonyl (C=O) groups excluding carboxylic acids is 3. The van der Waals surface area contributed by atoms with Crippen LogP contribution in [0.15, 0.2) is 47.6 Å². The van der Waals surface area contributed by atoms with Crippen LogP contribution in [0.1, 0.15) is 15.9 Å². The van der Waals surface area contributed by atoms with Crippen LogP contribution in [0.3, 0.4) is 0 Å². The highest BCUT2D eigenvalue weighted by atomic mass is 35.5. The number of aromatic carboxylic acids is 1.